The first-order valence-electron chi connectivity index (χ1n) is 7.01. The topological polar surface area (TPSA) is 52.7 Å². The molecule has 2 rings (SSSR count). The molecule has 5 heteroatoms. The van der Waals surface area contributed by atoms with Crippen molar-refractivity contribution in [3.05, 3.63) is 39.6 Å². The van der Waals surface area contributed by atoms with Crippen molar-refractivity contribution in [2.24, 2.45) is 7.05 Å². The van der Waals surface area contributed by atoms with Crippen molar-refractivity contribution in [2.45, 2.75) is 47.5 Å². The van der Waals surface area contributed by atoms with Crippen molar-refractivity contribution >= 4 is 0 Å². The van der Waals surface area contributed by atoms with Crippen LogP contribution in [0.15, 0.2) is 17.1 Å². The fourth-order valence-corrected chi connectivity index (χ4v) is 2.13. The van der Waals surface area contributed by atoms with Crippen molar-refractivity contribution in [1.82, 2.24) is 19.6 Å². The largest absolute Gasteiger partial charge is 0.272 e. The molecule has 5 nitrogen and oxygen atoms in total. The maximum absolute atomic E-state index is 12.2. The van der Waals surface area contributed by atoms with Crippen LogP contribution in [-0.4, -0.2) is 19.6 Å². The molecule has 0 saturated carbocycles. The zero-order chi connectivity index (χ0) is 15.4. The van der Waals surface area contributed by atoms with Crippen LogP contribution in [0.1, 0.15) is 50.6 Å². The Labute approximate surface area is 120 Å². The van der Waals surface area contributed by atoms with E-state index in [0.717, 1.165) is 22.6 Å². The highest BCUT2D eigenvalue weighted by molar-refractivity contribution is 5.40. The predicted molar refractivity (Wildman–Crippen MR) is 81.5 cm³/mol. The number of nitrogens with zero attached hydrogens (tertiary/aromatic N) is 4. The summed E-state index contributed by atoms with van der Waals surface area (Å²) in [5.41, 5.74) is 3.40. The summed E-state index contributed by atoms with van der Waals surface area (Å²) in [5, 5.41) is 8.51. The van der Waals surface area contributed by atoms with E-state index in [-0.39, 0.29) is 11.5 Å². The van der Waals surface area contributed by atoms with Crippen LogP contribution in [0.2, 0.25) is 0 Å². The van der Waals surface area contributed by atoms with E-state index in [1.54, 1.807) is 17.9 Å². The fourth-order valence-electron chi connectivity index (χ4n) is 2.13. The monoisotopic (exact) mass is 276 g/mol. The van der Waals surface area contributed by atoms with Gasteiger partial charge in [-0.05, 0) is 25.8 Å². The van der Waals surface area contributed by atoms with Gasteiger partial charge >= 0.3 is 0 Å². The van der Waals surface area contributed by atoms with Gasteiger partial charge in [-0.25, -0.2) is 9.36 Å². The van der Waals surface area contributed by atoms with Crippen LogP contribution in [0.4, 0.5) is 0 Å². The Morgan fingerprint density at radius 1 is 1.20 bits per heavy atom. The van der Waals surface area contributed by atoms with Crippen LogP contribution >= 0.6 is 0 Å². The van der Waals surface area contributed by atoms with Gasteiger partial charge in [0.05, 0.1) is 17.6 Å². The molecule has 0 atom stereocenters. The second-order valence-corrected chi connectivity index (χ2v) is 4.87. The molecule has 0 fully saturated rings. The van der Waals surface area contributed by atoms with Crippen LogP contribution < -0.4 is 5.56 Å². The molecule has 0 aliphatic heterocycles. The number of aromatic nitrogens is 4. The molecular weight excluding hydrogens is 252 g/mol. The van der Waals surface area contributed by atoms with E-state index in [4.69, 9.17) is 0 Å². The molecule has 0 aromatic carbocycles. The standard InChI is InChI=1S/C13H18N4O.C2H6/c1-8(2)12-11(7-14-16(5)13(12)18)17-10(4)6-9(3)15-17;1-2/h6-8H,1-5H3;1-2H3. The summed E-state index contributed by atoms with van der Waals surface area (Å²) in [4.78, 5) is 12.2. The minimum atomic E-state index is -0.0601. The van der Waals surface area contributed by atoms with Crippen molar-refractivity contribution in [3.63, 3.8) is 0 Å². The molecule has 0 radical (unpaired) electrons. The predicted octanol–water partition coefficient (Wildman–Crippen LogP) is 2.73. The Bertz CT molecular complexity index is 638. The first-order chi connectivity index (χ1) is 9.41. The molecule has 0 aliphatic carbocycles. The molecule has 20 heavy (non-hydrogen) atoms. The Balaban J connectivity index is 0.000000956. The molecular formula is C15H24N4O. The second-order valence-electron chi connectivity index (χ2n) is 4.87. The summed E-state index contributed by atoms with van der Waals surface area (Å²) in [6.45, 7) is 11.9. The number of rotatable bonds is 2. The summed E-state index contributed by atoms with van der Waals surface area (Å²) >= 11 is 0. The zero-order valence-corrected chi connectivity index (χ0v) is 13.4. The highest BCUT2D eigenvalue weighted by atomic mass is 16.1. The molecule has 0 aliphatic rings. The van der Waals surface area contributed by atoms with Crippen LogP contribution in [0.25, 0.3) is 5.69 Å². The Morgan fingerprint density at radius 3 is 2.25 bits per heavy atom. The van der Waals surface area contributed by atoms with Gasteiger partial charge in [-0.1, -0.05) is 27.7 Å². The van der Waals surface area contributed by atoms with Gasteiger partial charge in [0.1, 0.15) is 0 Å². The average molecular weight is 276 g/mol. The van der Waals surface area contributed by atoms with Gasteiger partial charge in [-0.15, -0.1) is 0 Å². The minimum absolute atomic E-state index is 0.0601. The molecule has 0 bridgehead atoms. The summed E-state index contributed by atoms with van der Waals surface area (Å²) < 4.78 is 3.16. The van der Waals surface area contributed by atoms with Gasteiger partial charge in [0.25, 0.3) is 5.56 Å². The number of hydrogen-bond acceptors (Lipinski definition) is 3. The molecule has 0 unspecified atom stereocenters. The molecule has 110 valence electrons. The lowest BCUT2D eigenvalue weighted by atomic mass is 10.0. The lowest BCUT2D eigenvalue weighted by Crippen LogP contribution is -2.26. The Kier molecular flexibility index (Phi) is 5.25. The van der Waals surface area contributed by atoms with Gasteiger partial charge in [0, 0.05) is 18.3 Å². The van der Waals surface area contributed by atoms with E-state index in [2.05, 4.69) is 10.2 Å². The molecule has 2 heterocycles. The van der Waals surface area contributed by atoms with Gasteiger partial charge in [0.2, 0.25) is 0 Å². The Hall–Kier alpha value is -1.91. The van der Waals surface area contributed by atoms with Crippen molar-refractivity contribution < 1.29 is 0 Å². The first-order valence-corrected chi connectivity index (χ1v) is 7.01. The third kappa shape index (κ3) is 2.98. The molecule has 0 N–H and O–H groups in total. The third-order valence-corrected chi connectivity index (χ3v) is 2.97. The lowest BCUT2D eigenvalue weighted by molar-refractivity contribution is 0.660. The van der Waals surface area contributed by atoms with Crippen molar-refractivity contribution in [3.8, 4) is 5.69 Å². The SMILES string of the molecule is CC.Cc1cc(C)n(-c2cnn(C)c(=O)c2C(C)C)n1. The van der Waals surface area contributed by atoms with Gasteiger partial charge in [0.15, 0.2) is 0 Å². The maximum Gasteiger partial charge on any atom is 0.272 e. The van der Waals surface area contributed by atoms with Crippen LogP contribution in [0, 0.1) is 13.8 Å². The van der Waals surface area contributed by atoms with Crippen molar-refractivity contribution in [2.75, 3.05) is 0 Å². The van der Waals surface area contributed by atoms with E-state index < -0.39 is 0 Å². The maximum atomic E-state index is 12.2. The summed E-state index contributed by atoms with van der Waals surface area (Å²) in [6, 6.07) is 1.99. The first kappa shape index (κ1) is 16.1. The smallest absolute Gasteiger partial charge is 0.267 e. The minimum Gasteiger partial charge on any atom is -0.267 e. The van der Waals surface area contributed by atoms with E-state index >= 15 is 0 Å². The van der Waals surface area contributed by atoms with E-state index in [1.165, 1.54) is 4.68 Å². The molecule has 0 saturated heterocycles. The van der Waals surface area contributed by atoms with Gasteiger partial charge < -0.3 is 0 Å². The third-order valence-electron chi connectivity index (χ3n) is 2.97. The zero-order valence-electron chi connectivity index (χ0n) is 13.4. The normalized spacial score (nSPS) is 10.4. The second kappa shape index (κ2) is 6.50. The number of aryl methyl sites for hydroxylation is 3. The lowest BCUT2D eigenvalue weighted by Gasteiger charge is -2.13. The van der Waals surface area contributed by atoms with Gasteiger partial charge in [-0.3, -0.25) is 4.79 Å². The highest BCUT2D eigenvalue weighted by Crippen LogP contribution is 2.19. The number of hydrogen-bond donors (Lipinski definition) is 0. The Morgan fingerprint density at radius 2 is 1.80 bits per heavy atom. The fraction of sp³-hybridized carbons (Fsp3) is 0.533. The molecule has 0 amide bonds. The molecule has 0 spiro atoms. The summed E-state index contributed by atoms with van der Waals surface area (Å²) in [7, 11) is 1.67. The quantitative estimate of drug-likeness (QED) is 0.847. The van der Waals surface area contributed by atoms with Gasteiger partial charge in [-0.2, -0.15) is 10.2 Å². The summed E-state index contributed by atoms with van der Waals surface area (Å²) in [5.74, 6) is 0.130. The molecule has 2 aromatic heterocycles. The highest BCUT2D eigenvalue weighted by Gasteiger charge is 2.16. The summed E-state index contributed by atoms with van der Waals surface area (Å²) in [6.07, 6.45) is 1.70. The van der Waals surface area contributed by atoms with E-state index in [1.807, 2.05) is 47.6 Å². The van der Waals surface area contributed by atoms with Crippen LogP contribution in [-0.2, 0) is 7.05 Å². The van der Waals surface area contributed by atoms with Crippen LogP contribution in [0.3, 0.4) is 0 Å². The molecule has 2 aromatic rings. The van der Waals surface area contributed by atoms with E-state index in [9.17, 15) is 4.79 Å². The average Bonchev–Trinajstić information content (AvgIpc) is 2.73. The van der Waals surface area contributed by atoms with E-state index in [0.29, 0.717) is 0 Å². The van der Waals surface area contributed by atoms with Crippen LogP contribution in [0.5, 0.6) is 0 Å². The van der Waals surface area contributed by atoms with Crippen molar-refractivity contribution in [1.29, 1.82) is 0 Å².